The van der Waals surface area contributed by atoms with Crippen molar-refractivity contribution in [1.29, 1.82) is 0 Å². The van der Waals surface area contributed by atoms with Crippen LogP contribution in [0.25, 0.3) is 0 Å². The lowest BCUT2D eigenvalue weighted by Gasteiger charge is -2.35. The van der Waals surface area contributed by atoms with Crippen molar-refractivity contribution in [1.82, 2.24) is 9.80 Å². The highest BCUT2D eigenvalue weighted by molar-refractivity contribution is 6.01. The Kier molecular flexibility index (Phi) is 8.87. The number of anilines is 2. The van der Waals surface area contributed by atoms with E-state index < -0.39 is 11.8 Å². The Bertz CT molecular complexity index is 1110. The molecule has 0 unspecified atom stereocenters. The molecule has 1 aliphatic heterocycles. The van der Waals surface area contributed by atoms with E-state index in [4.69, 9.17) is 9.47 Å². The Morgan fingerprint density at radius 3 is 2.42 bits per heavy atom. The third-order valence-electron chi connectivity index (χ3n) is 6.19. The van der Waals surface area contributed by atoms with Crippen molar-refractivity contribution in [3.05, 3.63) is 53.8 Å². The highest BCUT2D eigenvalue weighted by Crippen LogP contribution is 2.27. The van der Waals surface area contributed by atoms with Crippen LogP contribution < -0.4 is 15.4 Å². The van der Waals surface area contributed by atoms with Crippen LogP contribution in [0.1, 0.15) is 31.1 Å². The zero-order chi connectivity index (χ0) is 26.4. The van der Waals surface area contributed by atoms with Gasteiger partial charge >= 0.3 is 6.03 Å². The van der Waals surface area contributed by atoms with Gasteiger partial charge in [-0.05, 0) is 37.3 Å². The Hall–Kier alpha value is -3.66. The highest BCUT2D eigenvalue weighted by atomic mass is 19.1. The zero-order valence-electron chi connectivity index (χ0n) is 21.2. The lowest BCUT2D eigenvalue weighted by molar-refractivity contribution is -0.133. The molecule has 3 rings (SSSR count). The molecule has 9 nitrogen and oxygen atoms in total. The number of nitrogens with one attached hydrogen (secondary N) is 2. The fourth-order valence-electron chi connectivity index (χ4n) is 4.15. The summed E-state index contributed by atoms with van der Waals surface area (Å²) in [6.07, 6.45) is -0.274. The quantitative estimate of drug-likeness (QED) is 0.668. The lowest BCUT2D eigenvalue weighted by atomic mass is 10.0. The molecule has 194 valence electrons. The molecule has 0 aromatic heterocycles. The number of rotatable bonds is 3. The maximum absolute atomic E-state index is 13.4. The van der Waals surface area contributed by atoms with E-state index >= 15 is 0 Å². The molecule has 1 aliphatic rings. The standard InChI is InChI=1S/C26H33FN4O5/c1-16-13-31(18(3)32)17(2)15-36-23-12-21(29-26(34)28-20-8-6-7-19(27)11-20)9-10-22(23)25(33)30(4)14-24(16)35-5/h6-12,16-17,24H,13-15H2,1-5H3,(H2,28,29,34)/t16-,17-,24-/m1/s1. The number of nitrogens with zero attached hydrogens (tertiary/aromatic N) is 2. The number of fused-ring (bicyclic) bond motifs is 1. The van der Waals surface area contributed by atoms with Gasteiger partial charge in [-0.2, -0.15) is 0 Å². The molecule has 2 aromatic carbocycles. The zero-order valence-corrected chi connectivity index (χ0v) is 21.2. The van der Waals surface area contributed by atoms with Gasteiger partial charge in [-0.3, -0.25) is 9.59 Å². The van der Waals surface area contributed by atoms with E-state index in [1.165, 1.54) is 25.1 Å². The molecule has 1 heterocycles. The highest BCUT2D eigenvalue weighted by Gasteiger charge is 2.29. The van der Waals surface area contributed by atoms with Crippen molar-refractivity contribution >= 4 is 29.2 Å². The van der Waals surface area contributed by atoms with Gasteiger partial charge in [0.05, 0.1) is 17.7 Å². The van der Waals surface area contributed by atoms with Crippen LogP contribution in [0.4, 0.5) is 20.6 Å². The molecule has 0 fully saturated rings. The molecule has 0 saturated heterocycles. The fourth-order valence-corrected chi connectivity index (χ4v) is 4.15. The normalized spacial score (nSPS) is 20.9. The Balaban J connectivity index is 1.87. The first-order chi connectivity index (χ1) is 17.1. The van der Waals surface area contributed by atoms with Crippen LogP contribution in [0.15, 0.2) is 42.5 Å². The van der Waals surface area contributed by atoms with E-state index in [-0.39, 0.29) is 42.2 Å². The van der Waals surface area contributed by atoms with Crippen molar-refractivity contribution in [2.45, 2.75) is 32.9 Å². The van der Waals surface area contributed by atoms with Gasteiger partial charge in [-0.25, -0.2) is 9.18 Å². The number of likely N-dealkylation sites (N-methyl/N-ethyl adjacent to an activating group) is 1. The number of ether oxygens (including phenoxy) is 2. The third kappa shape index (κ3) is 6.72. The van der Waals surface area contributed by atoms with E-state index in [0.29, 0.717) is 30.0 Å². The molecule has 0 spiro atoms. The van der Waals surface area contributed by atoms with Gasteiger partial charge in [0.1, 0.15) is 18.2 Å². The molecule has 0 radical (unpaired) electrons. The number of hydrogen-bond acceptors (Lipinski definition) is 5. The van der Waals surface area contributed by atoms with Gasteiger partial charge in [0, 0.05) is 57.5 Å². The number of amides is 4. The average molecular weight is 501 g/mol. The van der Waals surface area contributed by atoms with Gasteiger partial charge in [-0.1, -0.05) is 13.0 Å². The number of benzene rings is 2. The van der Waals surface area contributed by atoms with Crippen LogP contribution in [0, 0.1) is 11.7 Å². The summed E-state index contributed by atoms with van der Waals surface area (Å²) in [7, 11) is 3.28. The predicted octanol–water partition coefficient (Wildman–Crippen LogP) is 3.82. The van der Waals surface area contributed by atoms with Crippen LogP contribution in [-0.2, 0) is 9.53 Å². The van der Waals surface area contributed by atoms with E-state index in [1.807, 2.05) is 13.8 Å². The Morgan fingerprint density at radius 2 is 1.78 bits per heavy atom. The van der Waals surface area contributed by atoms with Crippen molar-refractivity contribution in [2.24, 2.45) is 5.92 Å². The molecule has 0 aliphatic carbocycles. The molecular weight excluding hydrogens is 467 g/mol. The van der Waals surface area contributed by atoms with Gasteiger partial charge in [0.2, 0.25) is 5.91 Å². The molecular formula is C26H33FN4O5. The lowest BCUT2D eigenvalue weighted by Crippen LogP contribution is -2.48. The van der Waals surface area contributed by atoms with Crippen LogP contribution in [0.5, 0.6) is 5.75 Å². The average Bonchev–Trinajstić information content (AvgIpc) is 2.82. The minimum Gasteiger partial charge on any atom is -0.491 e. The molecule has 2 aromatic rings. The maximum atomic E-state index is 13.4. The second kappa shape index (κ2) is 11.9. The summed E-state index contributed by atoms with van der Waals surface area (Å²) in [6, 6.07) is 9.41. The van der Waals surface area contributed by atoms with E-state index in [2.05, 4.69) is 10.6 Å². The second-order valence-corrected chi connectivity index (χ2v) is 9.07. The van der Waals surface area contributed by atoms with Crippen LogP contribution in [0.2, 0.25) is 0 Å². The fraction of sp³-hybridized carbons (Fsp3) is 0.423. The van der Waals surface area contributed by atoms with Crippen molar-refractivity contribution < 1.29 is 28.2 Å². The molecule has 0 bridgehead atoms. The molecule has 36 heavy (non-hydrogen) atoms. The number of halogens is 1. The van der Waals surface area contributed by atoms with Gasteiger partial charge in [0.15, 0.2) is 0 Å². The molecule has 10 heteroatoms. The first kappa shape index (κ1) is 26.9. The van der Waals surface area contributed by atoms with Crippen LogP contribution >= 0.6 is 0 Å². The van der Waals surface area contributed by atoms with Crippen LogP contribution in [0.3, 0.4) is 0 Å². The summed E-state index contributed by atoms with van der Waals surface area (Å²) in [6.45, 7) is 6.31. The Morgan fingerprint density at radius 1 is 1.08 bits per heavy atom. The molecule has 4 amide bonds. The second-order valence-electron chi connectivity index (χ2n) is 9.07. The summed E-state index contributed by atoms with van der Waals surface area (Å²) < 4.78 is 25.1. The minimum absolute atomic E-state index is 0.0151. The van der Waals surface area contributed by atoms with Gasteiger partial charge in [0.25, 0.3) is 5.91 Å². The van der Waals surface area contributed by atoms with Crippen LogP contribution in [-0.4, -0.2) is 73.6 Å². The summed E-state index contributed by atoms with van der Waals surface area (Å²) in [5.74, 6) is -0.555. The van der Waals surface area contributed by atoms with Crippen molar-refractivity contribution in [3.8, 4) is 5.75 Å². The SMILES string of the molecule is CO[C@@H]1CN(C)C(=O)c2ccc(NC(=O)Nc3cccc(F)c3)cc2OC[C@@H](C)N(C(C)=O)C[C@H]1C. The molecule has 2 N–H and O–H groups in total. The van der Waals surface area contributed by atoms with Crippen molar-refractivity contribution in [3.63, 3.8) is 0 Å². The predicted molar refractivity (Wildman–Crippen MR) is 135 cm³/mol. The largest absolute Gasteiger partial charge is 0.491 e. The number of methoxy groups -OCH3 is 1. The topological polar surface area (TPSA) is 100 Å². The summed E-state index contributed by atoms with van der Waals surface area (Å²) in [5.41, 5.74) is 0.995. The van der Waals surface area contributed by atoms with E-state index in [0.717, 1.165) is 0 Å². The summed E-state index contributed by atoms with van der Waals surface area (Å²) in [4.78, 5) is 41.4. The number of urea groups is 1. The minimum atomic E-state index is -0.579. The van der Waals surface area contributed by atoms with E-state index in [1.54, 1.807) is 48.2 Å². The summed E-state index contributed by atoms with van der Waals surface area (Å²) in [5, 5.41) is 5.23. The number of carbonyl (C=O) groups excluding carboxylic acids is 3. The van der Waals surface area contributed by atoms with E-state index in [9.17, 15) is 18.8 Å². The van der Waals surface area contributed by atoms with Gasteiger partial charge < -0.3 is 29.9 Å². The molecule has 0 saturated carbocycles. The first-order valence-corrected chi connectivity index (χ1v) is 11.7. The van der Waals surface area contributed by atoms with Gasteiger partial charge in [-0.15, -0.1) is 0 Å². The smallest absolute Gasteiger partial charge is 0.323 e. The monoisotopic (exact) mass is 500 g/mol. The Labute approximate surface area is 210 Å². The van der Waals surface area contributed by atoms with Crippen molar-refractivity contribution in [2.75, 3.05) is 44.5 Å². The number of carbonyl (C=O) groups is 3. The third-order valence-corrected chi connectivity index (χ3v) is 6.19. The maximum Gasteiger partial charge on any atom is 0.323 e. The molecule has 3 atom stereocenters. The summed E-state index contributed by atoms with van der Waals surface area (Å²) >= 11 is 0. The first-order valence-electron chi connectivity index (χ1n) is 11.7. The number of hydrogen-bond donors (Lipinski definition) is 2.